The van der Waals surface area contributed by atoms with Crippen LogP contribution in [-0.4, -0.2) is 11.1 Å². The van der Waals surface area contributed by atoms with Crippen LogP contribution in [0.3, 0.4) is 0 Å². The SMILES string of the molecule is ClC1=NC(c2ccccc2)N=C(c2cccc(C3(c4ccc5ccccc5c4)c4ccccc4-c4ccccc43)c2)N1. The first-order valence-electron chi connectivity index (χ1n) is 14.1. The van der Waals surface area contributed by atoms with Gasteiger partial charge in [-0.05, 0) is 73.5 Å². The highest BCUT2D eigenvalue weighted by molar-refractivity contribution is 6.66. The number of halogens is 1. The Bertz CT molecular complexity index is 2000. The summed E-state index contributed by atoms with van der Waals surface area (Å²) in [6.07, 6.45) is -0.402. The van der Waals surface area contributed by atoms with Crippen molar-refractivity contribution in [2.24, 2.45) is 9.98 Å². The maximum atomic E-state index is 6.54. The van der Waals surface area contributed by atoms with Crippen molar-refractivity contribution in [1.82, 2.24) is 5.32 Å². The van der Waals surface area contributed by atoms with Crippen LogP contribution in [0.4, 0.5) is 0 Å². The summed E-state index contributed by atoms with van der Waals surface area (Å²) in [6.45, 7) is 0. The highest BCUT2D eigenvalue weighted by Crippen LogP contribution is 2.56. The molecule has 1 unspecified atom stereocenters. The van der Waals surface area contributed by atoms with Gasteiger partial charge in [0, 0.05) is 5.56 Å². The summed E-state index contributed by atoms with van der Waals surface area (Å²) in [7, 11) is 0. The summed E-state index contributed by atoms with van der Waals surface area (Å²) in [5, 5.41) is 6.01. The van der Waals surface area contributed by atoms with E-state index >= 15 is 0 Å². The van der Waals surface area contributed by atoms with Gasteiger partial charge in [0.15, 0.2) is 11.5 Å². The zero-order valence-electron chi connectivity index (χ0n) is 22.7. The van der Waals surface area contributed by atoms with E-state index in [9.17, 15) is 0 Å². The molecule has 0 radical (unpaired) electrons. The zero-order chi connectivity index (χ0) is 28.1. The largest absolute Gasteiger partial charge is 0.315 e. The minimum Gasteiger partial charge on any atom is -0.315 e. The van der Waals surface area contributed by atoms with E-state index in [4.69, 9.17) is 16.6 Å². The van der Waals surface area contributed by atoms with Crippen molar-refractivity contribution < 1.29 is 0 Å². The molecule has 0 spiro atoms. The molecule has 1 aliphatic carbocycles. The number of aliphatic imine (C=N–C) groups is 2. The molecule has 0 amide bonds. The molecule has 1 aliphatic heterocycles. The Morgan fingerprint density at radius 3 is 1.95 bits per heavy atom. The molecule has 0 fully saturated rings. The van der Waals surface area contributed by atoms with Gasteiger partial charge in [-0.3, -0.25) is 0 Å². The maximum Gasteiger partial charge on any atom is 0.199 e. The molecule has 42 heavy (non-hydrogen) atoms. The van der Waals surface area contributed by atoms with Crippen LogP contribution in [0.5, 0.6) is 0 Å². The Kier molecular flexibility index (Phi) is 5.80. The van der Waals surface area contributed by atoms with Gasteiger partial charge in [0.2, 0.25) is 0 Å². The number of amidine groups is 2. The minimum absolute atomic E-state index is 0.333. The lowest BCUT2D eigenvalue weighted by atomic mass is 9.67. The highest BCUT2D eigenvalue weighted by Gasteiger charge is 2.46. The Labute approximate surface area is 249 Å². The third-order valence-electron chi connectivity index (χ3n) is 8.51. The molecule has 6 aromatic rings. The van der Waals surface area contributed by atoms with E-state index < -0.39 is 11.6 Å². The van der Waals surface area contributed by atoms with Gasteiger partial charge in [0.1, 0.15) is 5.84 Å². The van der Waals surface area contributed by atoms with E-state index in [2.05, 4.69) is 126 Å². The fourth-order valence-electron chi connectivity index (χ4n) is 6.69. The first-order valence-corrected chi connectivity index (χ1v) is 14.5. The van der Waals surface area contributed by atoms with Gasteiger partial charge in [0.05, 0.1) is 5.41 Å². The minimum atomic E-state index is -0.515. The number of benzene rings is 6. The first-order chi connectivity index (χ1) is 20.7. The Morgan fingerprint density at radius 2 is 1.19 bits per heavy atom. The highest BCUT2D eigenvalue weighted by atomic mass is 35.5. The summed E-state index contributed by atoms with van der Waals surface area (Å²) < 4.78 is 0. The third kappa shape index (κ3) is 3.82. The smallest absolute Gasteiger partial charge is 0.199 e. The molecule has 200 valence electrons. The lowest BCUT2D eigenvalue weighted by Gasteiger charge is -2.34. The third-order valence-corrected chi connectivity index (χ3v) is 8.70. The number of rotatable bonds is 4. The van der Waals surface area contributed by atoms with Crippen molar-refractivity contribution in [1.29, 1.82) is 0 Å². The molecule has 0 saturated carbocycles. The molecule has 4 heteroatoms. The first kappa shape index (κ1) is 24.8. The van der Waals surface area contributed by atoms with Gasteiger partial charge in [-0.2, -0.15) is 0 Å². The van der Waals surface area contributed by atoms with Crippen molar-refractivity contribution in [2.45, 2.75) is 11.6 Å². The van der Waals surface area contributed by atoms with Crippen LogP contribution in [-0.2, 0) is 5.41 Å². The van der Waals surface area contributed by atoms with Crippen LogP contribution in [0.1, 0.15) is 39.5 Å². The fraction of sp³-hybridized carbons (Fsp3) is 0.0526. The van der Waals surface area contributed by atoms with Crippen LogP contribution in [0.15, 0.2) is 156 Å². The standard InChI is InChI=1S/C38H26ClN3/c39-37-41-35(26-12-2-1-3-13-26)40-36(42-37)28-15-10-16-29(24-28)38(30-22-21-25-11-4-5-14-27(25)23-30)33-19-8-6-17-31(33)32-18-7-9-20-34(32)38/h1-24,35H,(H,40,41,42). The summed E-state index contributed by atoms with van der Waals surface area (Å²) in [6, 6.07) is 51.8. The van der Waals surface area contributed by atoms with Gasteiger partial charge >= 0.3 is 0 Å². The van der Waals surface area contributed by atoms with Crippen LogP contribution < -0.4 is 5.32 Å². The fourth-order valence-corrected chi connectivity index (χ4v) is 6.87. The van der Waals surface area contributed by atoms with Gasteiger partial charge in [-0.25, -0.2) is 9.98 Å². The van der Waals surface area contributed by atoms with Crippen molar-refractivity contribution >= 4 is 33.5 Å². The van der Waals surface area contributed by atoms with Gasteiger partial charge < -0.3 is 5.32 Å². The molecular weight excluding hydrogens is 534 g/mol. The number of fused-ring (bicyclic) bond motifs is 4. The molecule has 1 N–H and O–H groups in total. The quantitative estimate of drug-likeness (QED) is 0.215. The molecule has 6 aromatic carbocycles. The van der Waals surface area contributed by atoms with E-state index in [1.165, 1.54) is 44.2 Å². The van der Waals surface area contributed by atoms with Crippen LogP contribution in [0.25, 0.3) is 21.9 Å². The van der Waals surface area contributed by atoms with Gasteiger partial charge in [-0.15, -0.1) is 0 Å². The molecule has 0 bridgehead atoms. The van der Waals surface area contributed by atoms with E-state index in [1.54, 1.807) is 0 Å². The summed E-state index contributed by atoms with van der Waals surface area (Å²) in [5.41, 5.74) is 8.93. The van der Waals surface area contributed by atoms with Crippen molar-refractivity contribution in [3.8, 4) is 11.1 Å². The number of nitrogens with one attached hydrogen (secondary N) is 1. The molecule has 0 saturated heterocycles. The summed E-state index contributed by atoms with van der Waals surface area (Å²) >= 11 is 6.54. The van der Waals surface area contributed by atoms with Gasteiger partial charge in [0.25, 0.3) is 0 Å². The molecule has 3 nitrogen and oxygen atoms in total. The zero-order valence-corrected chi connectivity index (χ0v) is 23.5. The topological polar surface area (TPSA) is 36.8 Å². The van der Waals surface area contributed by atoms with Crippen LogP contribution in [0, 0.1) is 0 Å². The second-order valence-electron chi connectivity index (χ2n) is 10.8. The monoisotopic (exact) mass is 559 g/mol. The lowest BCUT2D eigenvalue weighted by molar-refractivity contribution is 0.757. The van der Waals surface area contributed by atoms with Crippen molar-refractivity contribution in [3.05, 3.63) is 179 Å². The van der Waals surface area contributed by atoms with Crippen LogP contribution >= 0.6 is 11.6 Å². The van der Waals surface area contributed by atoms with Crippen molar-refractivity contribution in [3.63, 3.8) is 0 Å². The molecule has 0 aromatic heterocycles. The normalized spacial score (nSPS) is 16.6. The molecule has 2 aliphatic rings. The van der Waals surface area contributed by atoms with E-state index in [1.807, 2.05) is 30.3 Å². The van der Waals surface area contributed by atoms with E-state index in [0.717, 1.165) is 11.1 Å². The second kappa shape index (κ2) is 9.83. The number of hydrogen-bond donors (Lipinski definition) is 1. The number of nitrogens with zero attached hydrogens (tertiary/aromatic N) is 2. The lowest BCUT2D eigenvalue weighted by Crippen LogP contribution is -2.33. The predicted molar refractivity (Wildman–Crippen MR) is 173 cm³/mol. The number of hydrogen-bond acceptors (Lipinski definition) is 3. The van der Waals surface area contributed by atoms with E-state index in [0.29, 0.717) is 11.1 Å². The predicted octanol–water partition coefficient (Wildman–Crippen LogP) is 8.85. The van der Waals surface area contributed by atoms with Crippen LogP contribution in [0.2, 0.25) is 0 Å². The summed E-state index contributed by atoms with van der Waals surface area (Å²) in [4.78, 5) is 9.56. The van der Waals surface area contributed by atoms with Gasteiger partial charge in [-0.1, -0.05) is 133 Å². The average Bonchev–Trinajstić information content (AvgIpc) is 3.36. The summed E-state index contributed by atoms with van der Waals surface area (Å²) in [5.74, 6) is 0.707. The Hall–Kier alpha value is -4.99. The maximum absolute atomic E-state index is 6.54. The average molecular weight is 560 g/mol. The Balaban J connectivity index is 1.37. The second-order valence-corrected chi connectivity index (χ2v) is 11.1. The molecule has 8 rings (SSSR count). The molecule has 1 heterocycles. The van der Waals surface area contributed by atoms with E-state index in [-0.39, 0.29) is 0 Å². The molecular formula is C38H26ClN3. The Morgan fingerprint density at radius 1 is 0.548 bits per heavy atom. The molecule has 1 atom stereocenters. The van der Waals surface area contributed by atoms with Crippen molar-refractivity contribution in [2.75, 3.05) is 0 Å².